The molecular weight excluding hydrogens is 316 g/mol. The van der Waals surface area contributed by atoms with Crippen molar-refractivity contribution in [2.24, 2.45) is 0 Å². The van der Waals surface area contributed by atoms with E-state index in [9.17, 15) is 18.7 Å². The van der Waals surface area contributed by atoms with Gasteiger partial charge < -0.3 is 20.6 Å². The van der Waals surface area contributed by atoms with Crippen molar-refractivity contribution in [1.82, 2.24) is 15.5 Å². The Morgan fingerprint density at radius 3 is 2.54 bits per heavy atom. The summed E-state index contributed by atoms with van der Waals surface area (Å²) >= 11 is 0. The number of urea groups is 1. The number of carbonyl (C=O) groups is 1. The van der Waals surface area contributed by atoms with Crippen LogP contribution in [0.2, 0.25) is 0 Å². The van der Waals surface area contributed by atoms with E-state index in [2.05, 4.69) is 10.6 Å². The molecule has 5 nitrogen and oxygen atoms in total. The van der Waals surface area contributed by atoms with Crippen LogP contribution in [0.3, 0.4) is 0 Å². The first kappa shape index (κ1) is 18.6. The highest BCUT2D eigenvalue weighted by atomic mass is 19.1. The Balaban J connectivity index is 1.85. The third kappa shape index (κ3) is 4.88. The Kier molecular flexibility index (Phi) is 5.45. The van der Waals surface area contributed by atoms with Crippen LogP contribution in [0.4, 0.5) is 13.6 Å². The quantitative estimate of drug-likeness (QED) is 0.706. The third-order valence-electron chi connectivity index (χ3n) is 4.23. The SMILES string of the molecule is CN(C)CC(C)(O)CNC(=O)NCC1(c2ccc(F)cc2F)CC1. The standard InChI is InChI=1S/C17H25F2N3O2/c1-16(24,11-22(2)3)9-20-15(23)21-10-17(6-7-17)13-5-4-12(18)8-14(13)19/h4-5,8,24H,6-7,9-11H2,1-3H3,(H2,20,21,23). The molecule has 7 heteroatoms. The summed E-state index contributed by atoms with van der Waals surface area (Å²) < 4.78 is 27.0. The molecule has 1 aliphatic carbocycles. The second-order valence-electron chi connectivity index (χ2n) is 7.18. The molecule has 0 aliphatic heterocycles. The summed E-state index contributed by atoms with van der Waals surface area (Å²) in [5.74, 6) is -1.19. The number of hydrogen-bond acceptors (Lipinski definition) is 3. The van der Waals surface area contributed by atoms with Gasteiger partial charge in [-0.3, -0.25) is 0 Å². The maximum Gasteiger partial charge on any atom is 0.314 e. The van der Waals surface area contributed by atoms with Gasteiger partial charge >= 0.3 is 6.03 Å². The van der Waals surface area contributed by atoms with Gasteiger partial charge in [-0.15, -0.1) is 0 Å². The van der Waals surface area contributed by atoms with Crippen LogP contribution in [0.5, 0.6) is 0 Å². The van der Waals surface area contributed by atoms with Crippen molar-refractivity contribution < 1.29 is 18.7 Å². The van der Waals surface area contributed by atoms with E-state index in [1.165, 1.54) is 12.1 Å². The Bertz CT molecular complexity index is 601. The molecule has 1 aromatic rings. The minimum absolute atomic E-state index is 0.106. The molecule has 0 saturated heterocycles. The molecule has 1 atom stereocenters. The zero-order valence-corrected chi connectivity index (χ0v) is 14.3. The molecule has 0 spiro atoms. The van der Waals surface area contributed by atoms with Gasteiger partial charge in [0, 0.05) is 31.1 Å². The van der Waals surface area contributed by atoms with Crippen molar-refractivity contribution >= 4 is 6.03 Å². The highest BCUT2D eigenvalue weighted by Crippen LogP contribution is 2.48. The van der Waals surface area contributed by atoms with Crippen molar-refractivity contribution in [2.45, 2.75) is 30.8 Å². The molecule has 1 unspecified atom stereocenters. The Morgan fingerprint density at radius 1 is 1.33 bits per heavy atom. The number of halogens is 2. The molecule has 1 aliphatic rings. The van der Waals surface area contributed by atoms with E-state index in [1.807, 2.05) is 19.0 Å². The summed E-state index contributed by atoms with van der Waals surface area (Å²) in [7, 11) is 3.67. The Morgan fingerprint density at radius 2 is 2.00 bits per heavy atom. The molecule has 1 fully saturated rings. The lowest BCUT2D eigenvalue weighted by Gasteiger charge is -2.27. The zero-order chi connectivity index (χ0) is 18.0. The van der Waals surface area contributed by atoms with E-state index in [-0.39, 0.29) is 13.1 Å². The molecule has 0 radical (unpaired) electrons. The average molecular weight is 341 g/mol. The number of amides is 2. The lowest BCUT2D eigenvalue weighted by Crippen LogP contribution is -2.50. The van der Waals surface area contributed by atoms with Crippen molar-refractivity contribution in [3.63, 3.8) is 0 Å². The molecule has 1 saturated carbocycles. The van der Waals surface area contributed by atoms with Gasteiger partial charge in [0.25, 0.3) is 0 Å². The molecule has 134 valence electrons. The largest absolute Gasteiger partial charge is 0.387 e. The van der Waals surface area contributed by atoms with Crippen molar-refractivity contribution in [1.29, 1.82) is 0 Å². The van der Waals surface area contributed by atoms with Crippen LogP contribution in [0.15, 0.2) is 18.2 Å². The molecule has 24 heavy (non-hydrogen) atoms. The number of hydrogen-bond donors (Lipinski definition) is 3. The minimum atomic E-state index is -1.04. The van der Waals surface area contributed by atoms with Gasteiger partial charge in [-0.05, 0) is 45.5 Å². The van der Waals surface area contributed by atoms with Gasteiger partial charge in [-0.25, -0.2) is 13.6 Å². The van der Waals surface area contributed by atoms with Gasteiger partial charge in [-0.2, -0.15) is 0 Å². The van der Waals surface area contributed by atoms with Crippen LogP contribution in [0, 0.1) is 11.6 Å². The van der Waals surface area contributed by atoms with Crippen LogP contribution in [-0.4, -0.2) is 55.4 Å². The summed E-state index contributed by atoms with van der Waals surface area (Å²) in [5, 5.41) is 15.5. The molecular formula is C17H25F2N3O2. The fourth-order valence-corrected chi connectivity index (χ4v) is 2.93. The molecule has 0 heterocycles. The van der Waals surface area contributed by atoms with E-state index in [0.29, 0.717) is 12.1 Å². The third-order valence-corrected chi connectivity index (χ3v) is 4.23. The van der Waals surface area contributed by atoms with E-state index < -0.39 is 28.7 Å². The van der Waals surface area contributed by atoms with Crippen molar-refractivity contribution in [3.05, 3.63) is 35.4 Å². The zero-order valence-electron chi connectivity index (χ0n) is 14.3. The van der Waals surface area contributed by atoms with Crippen LogP contribution >= 0.6 is 0 Å². The molecule has 2 rings (SSSR count). The second-order valence-corrected chi connectivity index (χ2v) is 7.18. The number of likely N-dealkylation sites (N-methyl/N-ethyl adjacent to an activating group) is 1. The van der Waals surface area contributed by atoms with Crippen LogP contribution < -0.4 is 10.6 Å². The molecule has 2 amide bonds. The number of rotatable bonds is 7. The van der Waals surface area contributed by atoms with Gasteiger partial charge in [0.15, 0.2) is 0 Å². The van der Waals surface area contributed by atoms with Gasteiger partial charge in [-0.1, -0.05) is 6.07 Å². The van der Waals surface area contributed by atoms with E-state index in [4.69, 9.17) is 0 Å². The van der Waals surface area contributed by atoms with Gasteiger partial charge in [0.1, 0.15) is 11.6 Å². The highest BCUT2D eigenvalue weighted by molar-refractivity contribution is 5.74. The summed E-state index contributed by atoms with van der Waals surface area (Å²) in [6.07, 6.45) is 1.49. The number of benzene rings is 1. The smallest absolute Gasteiger partial charge is 0.314 e. The predicted octanol–water partition coefficient (Wildman–Crippen LogP) is 1.61. The Labute approximate surface area is 141 Å². The predicted molar refractivity (Wildman–Crippen MR) is 87.8 cm³/mol. The van der Waals surface area contributed by atoms with Crippen molar-refractivity contribution in [2.75, 3.05) is 33.7 Å². The number of nitrogens with zero attached hydrogens (tertiary/aromatic N) is 1. The first-order valence-corrected chi connectivity index (χ1v) is 7.98. The summed E-state index contributed by atoms with van der Waals surface area (Å²) in [6.45, 7) is 2.44. The summed E-state index contributed by atoms with van der Waals surface area (Å²) in [5.41, 5.74) is -1.06. The molecule has 1 aromatic carbocycles. The van der Waals surface area contributed by atoms with Gasteiger partial charge in [0.2, 0.25) is 0 Å². The minimum Gasteiger partial charge on any atom is -0.387 e. The normalized spacial score (nSPS) is 18.1. The number of aliphatic hydroxyl groups is 1. The average Bonchev–Trinajstić information content (AvgIpc) is 3.22. The Hall–Kier alpha value is -1.73. The van der Waals surface area contributed by atoms with Crippen LogP contribution in [-0.2, 0) is 5.41 Å². The summed E-state index contributed by atoms with van der Waals surface area (Å²) in [4.78, 5) is 13.7. The molecule has 0 aromatic heterocycles. The highest BCUT2D eigenvalue weighted by Gasteiger charge is 2.46. The first-order chi connectivity index (χ1) is 11.1. The van der Waals surface area contributed by atoms with E-state index in [1.54, 1.807) is 6.92 Å². The number of nitrogens with one attached hydrogen (secondary N) is 2. The fraction of sp³-hybridized carbons (Fsp3) is 0.588. The second kappa shape index (κ2) is 7.03. The van der Waals surface area contributed by atoms with Gasteiger partial charge in [0.05, 0.1) is 5.60 Å². The maximum absolute atomic E-state index is 13.9. The summed E-state index contributed by atoms with van der Waals surface area (Å²) in [6, 6.07) is 3.13. The van der Waals surface area contributed by atoms with Crippen LogP contribution in [0.1, 0.15) is 25.3 Å². The van der Waals surface area contributed by atoms with Crippen molar-refractivity contribution in [3.8, 4) is 0 Å². The fourth-order valence-electron chi connectivity index (χ4n) is 2.93. The monoisotopic (exact) mass is 341 g/mol. The molecule has 0 bridgehead atoms. The number of carbonyl (C=O) groups excluding carboxylic acids is 1. The van der Waals surface area contributed by atoms with E-state index in [0.717, 1.165) is 18.9 Å². The molecule has 3 N–H and O–H groups in total. The van der Waals surface area contributed by atoms with Crippen LogP contribution in [0.25, 0.3) is 0 Å². The first-order valence-electron chi connectivity index (χ1n) is 7.98. The lowest BCUT2D eigenvalue weighted by molar-refractivity contribution is 0.0360. The lowest BCUT2D eigenvalue weighted by atomic mass is 9.95. The maximum atomic E-state index is 13.9. The van der Waals surface area contributed by atoms with E-state index >= 15 is 0 Å². The topological polar surface area (TPSA) is 64.6 Å².